The highest BCUT2D eigenvalue weighted by molar-refractivity contribution is 5.85. The molecule has 2 heteroatoms. The minimum absolute atomic E-state index is 0. The van der Waals surface area contributed by atoms with Crippen LogP contribution in [-0.4, -0.2) is 24.5 Å². The van der Waals surface area contributed by atoms with E-state index in [1.807, 2.05) is 12.2 Å². The predicted molar refractivity (Wildman–Crippen MR) is 77.5 cm³/mol. The van der Waals surface area contributed by atoms with Crippen LogP contribution in [0.15, 0.2) is 25.3 Å². The van der Waals surface area contributed by atoms with E-state index < -0.39 is 0 Å². The molecule has 0 saturated carbocycles. The van der Waals surface area contributed by atoms with Crippen LogP contribution < -0.4 is 0 Å². The summed E-state index contributed by atoms with van der Waals surface area (Å²) in [5, 5.41) is 0. The number of hydrogen-bond acceptors (Lipinski definition) is 1. The Morgan fingerprint density at radius 3 is 1.88 bits per heavy atom. The van der Waals surface area contributed by atoms with Gasteiger partial charge in [-0.3, -0.25) is 4.90 Å². The largest absolute Gasteiger partial charge is 0.296 e. The van der Waals surface area contributed by atoms with E-state index in [0.29, 0.717) is 0 Å². The Labute approximate surface area is 108 Å². The Kier molecular flexibility index (Phi) is 16.7. The lowest BCUT2D eigenvalue weighted by molar-refractivity contribution is 0.324. The molecular formula is C14H28ClN. The first-order valence-electron chi connectivity index (χ1n) is 6.29. The van der Waals surface area contributed by atoms with Gasteiger partial charge in [-0.15, -0.1) is 25.6 Å². The maximum absolute atomic E-state index is 3.78. The maximum Gasteiger partial charge on any atom is 0.0163 e. The van der Waals surface area contributed by atoms with E-state index in [9.17, 15) is 0 Å². The maximum atomic E-state index is 3.78. The molecular weight excluding hydrogens is 218 g/mol. The van der Waals surface area contributed by atoms with Gasteiger partial charge in [0.2, 0.25) is 0 Å². The molecule has 0 N–H and O–H groups in total. The van der Waals surface area contributed by atoms with Crippen LogP contribution in [0.5, 0.6) is 0 Å². The van der Waals surface area contributed by atoms with Gasteiger partial charge in [-0.2, -0.15) is 0 Å². The standard InChI is InChI=1S/C14H27N.ClH/c1-4-7-8-9-10-11-14-15(12-5-2)13-6-3;/h5-6H,2-4,7-14H2,1H3;1H. The second kappa shape index (κ2) is 14.7. The molecule has 0 saturated heterocycles. The fourth-order valence-corrected chi connectivity index (χ4v) is 1.74. The fraction of sp³-hybridized carbons (Fsp3) is 0.714. The lowest BCUT2D eigenvalue weighted by Crippen LogP contribution is -2.24. The van der Waals surface area contributed by atoms with Crippen molar-refractivity contribution in [2.45, 2.75) is 45.4 Å². The van der Waals surface area contributed by atoms with Crippen LogP contribution in [0.1, 0.15) is 45.4 Å². The number of hydrogen-bond donors (Lipinski definition) is 0. The SMILES string of the molecule is C=CCN(CC=C)CCCCCCCC.Cl. The summed E-state index contributed by atoms with van der Waals surface area (Å²) in [7, 11) is 0. The minimum Gasteiger partial charge on any atom is -0.296 e. The van der Waals surface area contributed by atoms with Crippen molar-refractivity contribution in [3.8, 4) is 0 Å². The molecule has 96 valence electrons. The quantitative estimate of drug-likeness (QED) is 0.384. The fourth-order valence-electron chi connectivity index (χ4n) is 1.74. The molecule has 0 amide bonds. The molecule has 1 nitrogen and oxygen atoms in total. The van der Waals surface area contributed by atoms with Crippen LogP contribution in [0.4, 0.5) is 0 Å². The van der Waals surface area contributed by atoms with Crippen LogP contribution in [0.3, 0.4) is 0 Å². The molecule has 0 rings (SSSR count). The van der Waals surface area contributed by atoms with Crippen molar-refractivity contribution in [2.75, 3.05) is 19.6 Å². The van der Waals surface area contributed by atoms with Crippen LogP contribution in [0.25, 0.3) is 0 Å². The summed E-state index contributed by atoms with van der Waals surface area (Å²) in [6.07, 6.45) is 12.1. The van der Waals surface area contributed by atoms with Gasteiger partial charge in [0.25, 0.3) is 0 Å². The number of halogens is 1. The first kappa shape index (κ1) is 18.1. The molecule has 0 aromatic heterocycles. The van der Waals surface area contributed by atoms with Crippen molar-refractivity contribution in [3.05, 3.63) is 25.3 Å². The average molecular weight is 246 g/mol. The van der Waals surface area contributed by atoms with E-state index in [2.05, 4.69) is 25.0 Å². The van der Waals surface area contributed by atoms with E-state index in [-0.39, 0.29) is 12.4 Å². The highest BCUT2D eigenvalue weighted by atomic mass is 35.5. The smallest absolute Gasteiger partial charge is 0.0163 e. The second-order valence-corrected chi connectivity index (χ2v) is 4.10. The molecule has 16 heavy (non-hydrogen) atoms. The lowest BCUT2D eigenvalue weighted by Gasteiger charge is -2.18. The van der Waals surface area contributed by atoms with Gasteiger partial charge in [0.15, 0.2) is 0 Å². The van der Waals surface area contributed by atoms with Crippen molar-refractivity contribution in [3.63, 3.8) is 0 Å². The highest BCUT2D eigenvalue weighted by Crippen LogP contribution is 2.05. The van der Waals surface area contributed by atoms with Crippen LogP contribution in [0, 0.1) is 0 Å². The molecule has 0 fully saturated rings. The molecule has 0 radical (unpaired) electrons. The molecule has 0 unspecified atom stereocenters. The summed E-state index contributed by atoms with van der Waals surface area (Å²) >= 11 is 0. The first-order chi connectivity index (χ1) is 7.35. The van der Waals surface area contributed by atoms with E-state index in [1.54, 1.807) is 0 Å². The summed E-state index contributed by atoms with van der Waals surface area (Å²) < 4.78 is 0. The monoisotopic (exact) mass is 245 g/mol. The summed E-state index contributed by atoms with van der Waals surface area (Å²) in [5.41, 5.74) is 0. The van der Waals surface area contributed by atoms with Crippen molar-refractivity contribution in [1.82, 2.24) is 4.90 Å². The zero-order valence-corrected chi connectivity index (χ0v) is 11.6. The van der Waals surface area contributed by atoms with E-state index in [0.717, 1.165) is 13.1 Å². The Morgan fingerprint density at radius 2 is 1.38 bits per heavy atom. The van der Waals surface area contributed by atoms with Gasteiger partial charge in [0, 0.05) is 13.1 Å². The summed E-state index contributed by atoms with van der Waals surface area (Å²) in [6.45, 7) is 13.0. The van der Waals surface area contributed by atoms with Gasteiger partial charge in [-0.05, 0) is 13.0 Å². The van der Waals surface area contributed by atoms with Gasteiger partial charge in [0.1, 0.15) is 0 Å². The van der Waals surface area contributed by atoms with Gasteiger partial charge in [0.05, 0.1) is 0 Å². The van der Waals surface area contributed by atoms with Crippen molar-refractivity contribution >= 4 is 12.4 Å². The molecule has 0 spiro atoms. The van der Waals surface area contributed by atoms with Crippen molar-refractivity contribution in [2.24, 2.45) is 0 Å². The van der Waals surface area contributed by atoms with E-state index >= 15 is 0 Å². The lowest BCUT2D eigenvalue weighted by atomic mass is 10.1. The molecule has 0 bridgehead atoms. The van der Waals surface area contributed by atoms with E-state index in [1.165, 1.54) is 45.1 Å². The Hall–Kier alpha value is -0.270. The van der Waals surface area contributed by atoms with Gasteiger partial charge in [-0.1, -0.05) is 51.2 Å². The predicted octanol–water partition coefficient (Wildman–Crippen LogP) is 4.44. The van der Waals surface area contributed by atoms with Gasteiger partial charge in [-0.25, -0.2) is 0 Å². The molecule has 0 heterocycles. The van der Waals surface area contributed by atoms with Gasteiger partial charge >= 0.3 is 0 Å². The van der Waals surface area contributed by atoms with Gasteiger partial charge < -0.3 is 0 Å². The van der Waals surface area contributed by atoms with Crippen LogP contribution >= 0.6 is 12.4 Å². The van der Waals surface area contributed by atoms with Crippen molar-refractivity contribution in [1.29, 1.82) is 0 Å². The molecule has 0 aliphatic heterocycles. The zero-order chi connectivity index (χ0) is 11.4. The molecule has 0 aromatic rings. The molecule has 0 aliphatic carbocycles. The van der Waals surface area contributed by atoms with Crippen LogP contribution in [0.2, 0.25) is 0 Å². The number of nitrogens with zero attached hydrogens (tertiary/aromatic N) is 1. The number of rotatable bonds is 11. The third-order valence-electron chi connectivity index (χ3n) is 2.60. The highest BCUT2D eigenvalue weighted by Gasteiger charge is 1.99. The van der Waals surface area contributed by atoms with Crippen molar-refractivity contribution < 1.29 is 0 Å². The normalized spacial score (nSPS) is 9.88. The number of unbranched alkanes of at least 4 members (excludes halogenated alkanes) is 5. The molecule has 0 atom stereocenters. The Bertz CT molecular complexity index is 147. The Morgan fingerprint density at radius 1 is 0.875 bits per heavy atom. The molecule has 0 aromatic carbocycles. The average Bonchev–Trinajstić information content (AvgIpc) is 2.24. The summed E-state index contributed by atoms with van der Waals surface area (Å²) in [6, 6.07) is 0. The summed E-state index contributed by atoms with van der Waals surface area (Å²) in [5.74, 6) is 0. The third-order valence-corrected chi connectivity index (χ3v) is 2.60. The first-order valence-corrected chi connectivity index (χ1v) is 6.29. The topological polar surface area (TPSA) is 3.24 Å². The summed E-state index contributed by atoms with van der Waals surface area (Å²) in [4.78, 5) is 2.39. The minimum atomic E-state index is 0. The molecule has 0 aliphatic rings. The Balaban J connectivity index is 0. The van der Waals surface area contributed by atoms with Crippen LogP contribution in [-0.2, 0) is 0 Å². The zero-order valence-electron chi connectivity index (χ0n) is 10.8. The van der Waals surface area contributed by atoms with E-state index in [4.69, 9.17) is 0 Å². The second-order valence-electron chi connectivity index (χ2n) is 4.10. The third kappa shape index (κ3) is 11.8.